The SMILES string of the molecule is CNCc1oc2ccccc2c1CN1CCCCCCC1. The molecule has 1 N–H and O–H groups in total. The third kappa shape index (κ3) is 3.47. The van der Waals surface area contributed by atoms with Crippen LogP contribution in [0.5, 0.6) is 0 Å². The Hall–Kier alpha value is -1.32. The molecule has 0 aliphatic carbocycles. The molecule has 1 saturated heterocycles. The number of para-hydroxylation sites is 1. The zero-order valence-corrected chi connectivity index (χ0v) is 13.0. The predicted octanol–water partition coefficient (Wildman–Crippen LogP) is 3.92. The van der Waals surface area contributed by atoms with Gasteiger partial charge >= 0.3 is 0 Å². The summed E-state index contributed by atoms with van der Waals surface area (Å²) in [5.41, 5.74) is 2.39. The highest BCUT2D eigenvalue weighted by atomic mass is 16.3. The predicted molar refractivity (Wildman–Crippen MR) is 87.3 cm³/mol. The van der Waals surface area contributed by atoms with E-state index >= 15 is 0 Å². The second-order valence-electron chi connectivity index (χ2n) is 6.07. The first-order chi connectivity index (χ1) is 10.4. The molecule has 114 valence electrons. The molecule has 1 fully saturated rings. The molecule has 3 rings (SSSR count). The van der Waals surface area contributed by atoms with Crippen molar-refractivity contribution < 1.29 is 4.42 Å². The van der Waals surface area contributed by atoms with Gasteiger partial charge in [-0.2, -0.15) is 0 Å². The summed E-state index contributed by atoms with van der Waals surface area (Å²) in [6.07, 6.45) is 6.83. The minimum Gasteiger partial charge on any atom is -0.459 e. The summed E-state index contributed by atoms with van der Waals surface area (Å²) >= 11 is 0. The van der Waals surface area contributed by atoms with E-state index in [9.17, 15) is 0 Å². The van der Waals surface area contributed by atoms with Crippen LogP contribution in [0.3, 0.4) is 0 Å². The van der Waals surface area contributed by atoms with E-state index in [1.807, 2.05) is 7.05 Å². The fourth-order valence-corrected chi connectivity index (χ4v) is 3.32. The second kappa shape index (κ2) is 7.10. The molecule has 2 aromatic rings. The Labute approximate surface area is 127 Å². The van der Waals surface area contributed by atoms with Crippen LogP contribution >= 0.6 is 0 Å². The first kappa shape index (κ1) is 14.6. The van der Waals surface area contributed by atoms with Crippen LogP contribution in [-0.2, 0) is 13.1 Å². The summed E-state index contributed by atoms with van der Waals surface area (Å²) in [6, 6.07) is 8.43. The average Bonchev–Trinajstić information content (AvgIpc) is 2.80. The monoisotopic (exact) mass is 286 g/mol. The summed E-state index contributed by atoms with van der Waals surface area (Å²) in [5.74, 6) is 1.10. The van der Waals surface area contributed by atoms with Gasteiger partial charge in [-0.05, 0) is 39.0 Å². The van der Waals surface area contributed by atoms with Crippen molar-refractivity contribution in [1.29, 1.82) is 0 Å². The van der Waals surface area contributed by atoms with E-state index in [-0.39, 0.29) is 0 Å². The smallest absolute Gasteiger partial charge is 0.134 e. The summed E-state index contributed by atoms with van der Waals surface area (Å²) < 4.78 is 6.05. The van der Waals surface area contributed by atoms with Crippen molar-refractivity contribution in [2.75, 3.05) is 20.1 Å². The lowest BCUT2D eigenvalue weighted by Gasteiger charge is -2.24. The first-order valence-electron chi connectivity index (χ1n) is 8.24. The van der Waals surface area contributed by atoms with Crippen LogP contribution in [-0.4, -0.2) is 25.0 Å². The molecule has 0 bridgehead atoms. The molecular formula is C18H26N2O. The Morgan fingerprint density at radius 3 is 2.52 bits per heavy atom. The van der Waals surface area contributed by atoms with E-state index < -0.39 is 0 Å². The molecule has 21 heavy (non-hydrogen) atoms. The third-order valence-electron chi connectivity index (χ3n) is 4.45. The van der Waals surface area contributed by atoms with Crippen molar-refractivity contribution in [2.45, 2.75) is 45.2 Å². The molecule has 0 atom stereocenters. The van der Waals surface area contributed by atoms with Gasteiger partial charge in [-0.3, -0.25) is 4.90 Å². The number of fused-ring (bicyclic) bond motifs is 1. The Morgan fingerprint density at radius 1 is 1.05 bits per heavy atom. The van der Waals surface area contributed by atoms with Gasteiger partial charge in [0.1, 0.15) is 11.3 Å². The number of furan rings is 1. The van der Waals surface area contributed by atoms with Gasteiger partial charge in [0.2, 0.25) is 0 Å². The Kier molecular flexibility index (Phi) is 4.94. The zero-order chi connectivity index (χ0) is 14.5. The molecule has 1 aromatic carbocycles. The number of benzene rings is 1. The standard InChI is InChI=1S/C18H26N2O/c1-19-13-18-16(15-9-5-6-10-17(15)21-18)14-20-11-7-3-2-4-8-12-20/h5-6,9-10,19H,2-4,7-8,11-14H2,1H3. The maximum atomic E-state index is 6.05. The Balaban J connectivity index is 1.85. The fraction of sp³-hybridized carbons (Fsp3) is 0.556. The van der Waals surface area contributed by atoms with Gasteiger partial charge in [0.25, 0.3) is 0 Å². The number of nitrogens with zero attached hydrogens (tertiary/aromatic N) is 1. The van der Waals surface area contributed by atoms with Crippen LogP contribution in [0.2, 0.25) is 0 Å². The molecule has 0 radical (unpaired) electrons. The van der Waals surface area contributed by atoms with Gasteiger partial charge in [0.15, 0.2) is 0 Å². The maximum Gasteiger partial charge on any atom is 0.134 e. The van der Waals surface area contributed by atoms with Gasteiger partial charge in [0.05, 0.1) is 6.54 Å². The third-order valence-corrected chi connectivity index (χ3v) is 4.45. The summed E-state index contributed by atoms with van der Waals surface area (Å²) in [7, 11) is 1.98. The van der Waals surface area contributed by atoms with Crippen LogP contribution in [0.25, 0.3) is 11.0 Å². The molecule has 0 spiro atoms. The van der Waals surface area contributed by atoms with Gasteiger partial charge in [-0.15, -0.1) is 0 Å². The summed E-state index contributed by atoms with van der Waals surface area (Å²) in [5, 5.41) is 4.51. The zero-order valence-electron chi connectivity index (χ0n) is 13.0. The number of rotatable bonds is 4. The number of hydrogen-bond acceptors (Lipinski definition) is 3. The van der Waals surface area contributed by atoms with Crippen LogP contribution < -0.4 is 5.32 Å². The molecule has 0 saturated carbocycles. The molecule has 3 heteroatoms. The second-order valence-corrected chi connectivity index (χ2v) is 6.07. The molecule has 2 heterocycles. The summed E-state index contributed by atoms with van der Waals surface area (Å²) in [6.45, 7) is 4.27. The van der Waals surface area contributed by atoms with Crippen molar-refractivity contribution in [3.63, 3.8) is 0 Å². The molecule has 0 unspecified atom stereocenters. The molecule has 1 aliphatic rings. The average molecular weight is 286 g/mol. The van der Waals surface area contributed by atoms with E-state index in [2.05, 4.69) is 34.5 Å². The van der Waals surface area contributed by atoms with Crippen LogP contribution in [0.15, 0.2) is 28.7 Å². The van der Waals surface area contributed by atoms with Gasteiger partial charge in [-0.25, -0.2) is 0 Å². The lowest BCUT2D eigenvalue weighted by Crippen LogP contribution is -2.27. The Morgan fingerprint density at radius 2 is 1.76 bits per heavy atom. The minimum atomic E-state index is 0.803. The molecule has 1 aliphatic heterocycles. The molecule has 0 amide bonds. The number of hydrogen-bond donors (Lipinski definition) is 1. The topological polar surface area (TPSA) is 28.4 Å². The quantitative estimate of drug-likeness (QED) is 0.923. The summed E-state index contributed by atoms with van der Waals surface area (Å²) in [4.78, 5) is 2.61. The van der Waals surface area contributed by atoms with Crippen molar-refractivity contribution in [3.05, 3.63) is 35.6 Å². The highest BCUT2D eigenvalue weighted by Gasteiger charge is 2.17. The fourth-order valence-electron chi connectivity index (χ4n) is 3.32. The normalized spacial score (nSPS) is 17.8. The van der Waals surface area contributed by atoms with Gasteiger partial charge in [-0.1, -0.05) is 37.5 Å². The maximum absolute atomic E-state index is 6.05. The highest BCUT2D eigenvalue weighted by Crippen LogP contribution is 2.27. The van der Waals surface area contributed by atoms with Crippen LogP contribution in [0.4, 0.5) is 0 Å². The van der Waals surface area contributed by atoms with Crippen molar-refractivity contribution in [3.8, 4) is 0 Å². The first-order valence-corrected chi connectivity index (χ1v) is 8.24. The van der Waals surface area contributed by atoms with Gasteiger partial charge < -0.3 is 9.73 Å². The highest BCUT2D eigenvalue weighted by molar-refractivity contribution is 5.82. The van der Waals surface area contributed by atoms with Crippen molar-refractivity contribution in [2.24, 2.45) is 0 Å². The van der Waals surface area contributed by atoms with E-state index in [1.54, 1.807) is 0 Å². The van der Waals surface area contributed by atoms with E-state index in [4.69, 9.17) is 4.42 Å². The Bertz CT molecular complexity index is 568. The number of likely N-dealkylation sites (tertiary alicyclic amines) is 1. The molecule has 3 nitrogen and oxygen atoms in total. The van der Waals surface area contributed by atoms with Crippen molar-refractivity contribution in [1.82, 2.24) is 10.2 Å². The molecule has 1 aromatic heterocycles. The van der Waals surface area contributed by atoms with Crippen LogP contribution in [0, 0.1) is 0 Å². The van der Waals surface area contributed by atoms with Crippen molar-refractivity contribution >= 4 is 11.0 Å². The van der Waals surface area contributed by atoms with Gasteiger partial charge in [0, 0.05) is 17.5 Å². The molecular weight excluding hydrogens is 260 g/mol. The largest absolute Gasteiger partial charge is 0.459 e. The van der Waals surface area contributed by atoms with E-state index in [0.717, 1.165) is 24.4 Å². The van der Waals surface area contributed by atoms with E-state index in [0.29, 0.717) is 0 Å². The number of nitrogens with one attached hydrogen (secondary N) is 1. The lowest BCUT2D eigenvalue weighted by atomic mass is 10.1. The van der Waals surface area contributed by atoms with Crippen LogP contribution in [0.1, 0.15) is 43.4 Å². The minimum absolute atomic E-state index is 0.803. The van der Waals surface area contributed by atoms with E-state index in [1.165, 1.54) is 56.1 Å². The lowest BCUT2D eigenvalue weighted by molar-refractivity contribution is 0.238.